The van der Waals surface area contributed by atoms with E-state index in [-0.39, 0.29) is 10.7 Å². The molecule has 0 bridgehead atoms. The molecule has 2 aromatic heterocycles. The second-order valence-corrected chi connectivity index (χ2v) is 7.79. The van der Waals surface area contributed by atoms with Crippen LogP contribution in [-0.4, -0.2) is 24.6 Å². The van der Waals surface area contributed by atoms with E-state index in [1.165, 1.54) is 25.5 Å². The molecule has 8 heteroatoms. The van der Waals surface area contributed by atoms with Crippen LogP contribution in [-0.2, 0) is 10.0 Å². The van der Waals surface area contributed by atoms with E-state index in [4.69, 9.17) is 4.52 Å². The molecular weight excluding hydrogens is 328 g/mol. The quantitative estimate of drug-likeness (QED) is 0.859. The number of pyridine rings is 1. The van der Waals surface area contributed by atoms with Crippen molar-refractivity contribution >= 4 is 21.5 Å². The second kappa shape index (κ2) is 6.80. The molecule has 0 amide bonds. The van der Waals surface area contributed by atoms with Crippen molar-refractivity contribution < 1.29 is 12.9 Å². The van der Waals surface area contributed by atoms with Crippen LogP contribution in [0.25, 0.3) is 0 Å². The number of nitrogens with zero attached hydrogens (tertiary/aromatic N) is 2. The van der Waals surface area contributed by atoms with E-state index in [9.17, 15) is 8.42 Å². The standard InChI is InChI=1S/C16H22N4O3S/c1-11-16(12(2)23-19-11)24(21,22)20-14-8-9-15(17-10-14)18-13-6-4-3-5-7-13/h8-10,13,20H,3-7H2,1-2H3,(H,17,18). The number of nitrogens with one attached hydrogen (secondary N) is 2. The highest BCUT2D eigenvalue weighted by molar-refractivity contribution is 7.92. The topological polar surface area (TPSA) is 97.1 Å². The summed E-state index contributed by atoms with van der Waals surface area (Å²) in [5.74, 6) is 1.03. The molecule has 0 aliphatic heterocycles. The molecule has 1 aliphatic rings. The fraction of sp³-hybridized carbons (Fsp3) is 0.500. The van der Waals surface area contributed by atoms with Gasteiger partial charge in [0, 0.05) is 6.04 Å². The summed E-state index contributed by atoms with van der Waals surface area (Å²) in [6, 6.07) is 3.95. The Kier molecular flexibility index (Phi) is 4.75. The molecule has 0 saturated heterocycles. The number of hydrogen-bond donors (Lipinski definition) is 2. The van der Waals surface area contributed by atoms with Gasteiger partial charge in [-0.1, -0.05) is 24.4 Å². The third kappa shape index (κ3) is 3.69. The summed E-state index contributed by atoms with van der Waals surface area (Å²) in [5.41, 5.74) is 0.743. The normalized spacial score (nSPS) is 16.1. The van der Waals surface area contributed by atoms with Crippen LogP contribution in [0.1, 0.15) is 43.6 Å². The molecule has 7 nitrogen and oxygen atoms in total. The lowest BCUT2D eigenvalue weighted by atomic mass is 9.95. The zero-order valence-corrected chi connectivity index (χ0v) is 14.7. The van der Waals surface area contributed by atoms with Crippen molar-refractivity contribution in [2.75, 3.05) is 10.0 Å². The maximum Gasteiger partial charge on any atom is 0.267 e. The minimum Gasteiger partial charge on any atom is -0.367 e. The molecule has 0 aromatic carbocycles. The molecule has 3 rings (SSSR count). The highest BCUT2D eigenvalue weighted by Crippen LogP contribution is 2.24. The van der Waals surface area contributed by atoms with Crippen LogP contribution in [0.5, 0.6) is 0 Å². The van der Waals surface area contributed by atoms with Gasteiger partial charge >= 0.3 is 0 Å². The lowest BCUT2D eigenvalue weighted by molar-refractivity contribution is 0.390. The first-order chi connectivity index (χ1) is 11.5. The van der Waals surface area contributed by atoms with Crippen LogP contribution in [0.4, 0.5) is 11.5 Å². The average Bonchev–Trinajstić information content (AvgIpc) is 2.90. The van der Waals surface area contributed by atoms with Gasteiger partial charge in [0.2, 0.25) is 0 Å². The van der Waals surface area contributed by atoms with Crippen LogP contribution in [0.15, 0.2) is 27.7 Å². The number of aromatic nitrogens is 2. The third-order valence-corrected chi connectivity index (χ3v) is 5.83. The van der Waals surface area contributed by atoms with Gasteiger partial charge in [-0.2, -0.15) is 0 Å². The lowest BCUT2D eigenvalue weighted by Gasteiger charge is -2.23. The summed E-state index contributed by atoms with van der Waals surface area (Å²) in [6.07, 6.45) is 7.61. The molecule has 0 radical (unpaired) electrons. The molecule has 2 heterocycles. The maximum atomic E-state index is 12.5. The Morgan fingerprint density at radius 2 is 1.92 bits per heavy atom. The second-order valence-electron chi connectivity index (χ2n) is 6.17. The highest BCUT2D eigenvalue weighted by Gasteiger charge is 2.24. The van der Waals surface area contributed by atoms with Crippen LogP contribution >= 0.6 is 0 Å². The van der Waals surface area contributed by atoms with E-state index < -0.39 is 10.0 Å². The van der Waals surface area contributed by atoms with E-state index in [1.54, 1.807) is 26.0 Å². The Hall–Kier alpha value is -2.09. The highest BCUT2D eigenvalue weighted by atomic mass is 32.2. The molecule has 0 unspecified atom stereocenters. The fourth-order valence-electron chi connectivity index (χ4n) is 3.06. The van der Waals surface area contributed by atoms with Gasteiger partial charge in [-0.25, -0.2) is 13.4 Å². The van der Waals surface area contributed by atoms with Gasteiger partial charge in [0.1, 0.15) is 11.5 Å². The first-order valence-corrected chi connectivity index (χ1v) is 9.62. The molecular formula is C16H22N4O3S. The van der Waals surface area contributed by atoms with Gasteiger partial charge < -0.3 is 9.84 Å². The van der Waals surface area contributed by atoms with Gasteiger partial charge in [-0.15, -0.1) is 0 Å². The molecule has 0 atom stereocenters. The molecule has 24 heavy (non-hydrogen) atoms. The maximum absolute atomic E-state index is 12.5. The SMILES string of the molecule is Cc1noc(C)c1S(=O)(=O)Nc1ccc(NC2CCCCC2)nc1. The summed E-state index contributed by atoms with van der Waals surface area (Å²) < 4.78 is 32.3. The number of sulfonamides is 1. The van der Waals surface area contributed by atoms with E-state index in [0.717, 1.165) is 18.7 Å². The molecule has 2 N–H and O–H groups in total. The van der Waals surface area contributed by atoms with Crippen LogP contribution in [0, 0.1) is 13.8 Å². The summed E-state index contributed by atoms with van der Waals surface area (Å²) in [5, 5.41) is 7.09. The smallest absolute Gasteiger partial charge is 0.267 e. The zero-order chi connectivity index (χ0) is 17.2. The van der Waals surface area contributed by atoms with Gasteiger partial charge in [-0.3, -0.25) is 4.72 Å². The minimum atomic E-state index is -3.74. The Bertz CT molecular complexity index is 774. The van der Waals surface area contributed by atoms with Gasteiger partial charge in [0.05, 0.1) is 11.9 Å². The largest absolute Gasteiger partial charge is 0.367 e. The number of hydrogen-bond acceptors (Lipinski definition) is 6. The molecule has 2 aromatic rings. The van der Waals surface area contributed by atoms with Crippen molar-refractivity contribution in [3.05, 3.63) is 29.8 Å². The molecule has 1 saturated carbocycles. The summed E-state index contributed by atoms with van der Waals surface area (Å²) in [6.45, 7) is 3.17. The van der Waals surface area contributed by atoms with E-state index in [0.29, 0.717) is 17.4 Å². The van der Waals surface area contributed by atoms with E-state index in [2.05, 4.69) is 20.2 Å². The summed E-state index contributed by atoms with van der Waals surface area (Å²) in [7, 11) is -3.74. The van der Waals surface area contributed by atoms with Gasteiger partial charge in [-0.05, 0) is 38.8 Å². The van der Waals surface area contributed by atoms with Crippen molar-refractivity contribution in [1.29, 1.82) is 0 Å². The molecule has 1 aliphatic carbocycles. The Balaban J connectivity index is 1.69. The van der Waals surface area contributed by atoms with Gasteiger partial charge in [0.15, 0.2) is 10.7 Å². The minimum absolute atomic E-state index is 0.0758. The van der Waals surface area contributed by atoms with Crippen molar-refractivity contribution in [3.63, 3.8) is 0 Å². The third-order valence-electron chi connectivity index (χ3n) is 4.21. The lowest BCUT2D eigenvalue weighted by Crippen LogP contribution is -2.22. The molecule has 1 fully saturated rings. The number of anilines is 2. The summed E-state index contributed by atoms with van der Waals surface area (Å²) in [4.78, 5) is 4.38. The number of aryl methyl sites for hydroxylation is 2. The van der Waals surface area contributed by atoms with Crippen LogP contribution in [0.2, 0.25) is 0 Å². The monoisotopic (exact) mass is 350 g/mol. The first-order valence-electron chi connectivity index (χ1n) is 8.14. The Morgan fingerprint density at radius 3 is 2.50 bits per heavy atom. The number of rotatable bonds is 5. The predicted molar refractivity (Wildman–Crippen MR) is 91.5 cm³/mol. The fourth-order valence-corrected chi connectivity index (χ4v) is 4.44. The average molecular weight is 350 g/mol. The van der Waals surface area contributed by atoms with E-state index in [1.807, 2.05) is 0 Å². The first kappa shape index (κ1) is 16.8. The van der Waals surface area contributed by atoms with Crippen LogP contribution in [0.3, 0.4) is 0 Å². The Labute approximate surface area is 141 Å². The zero-order valence-electron chi connectivity index (χ0n) is 13.9. The van der Waals surface area contributed by atoms with Crippen molar-refractivity contribution in [3.8, 4) is 0 Å². The van der Waals surface area contributed by atoms with Gasteiger partial charge in [0.25, 0.3) is 10.0 Å². The van der Waals surface area contributed by atoms with Crippen molar-refractivity contribution in [1.82, 2.24) is 10.1 Å². The molecule has 0 spiro atoms. The van der Waals surface area contributed by atoms with E-state index >= 15 is 0 Å². The van der Waals surface area contributed by atoms with Crippen molar-refractivity contribution in [2.45, 2.75) is 56.9 Å². The molecule has 130 valence electrons. The predicted octanol–water partition coefficient (Wildman–Crippen LogP) is 3.23. The summed E-state index contributed by atoms with van der Waals surface area (Å²) >= 11 is 0. The Morgan fingerprint density at radius 1 is 1.17 bits per heavy atom. The van der Waals surface area contributed by atoms with Crippen LogP contribution < -0.4 is 10.0 Å². The van der Waals surface area contributed by atoms with Crippen molar-refractivity contribution in [2.24, 2.45) is 0 Å².